The summed E-state index contributed by atoms with van der Waals surface area (Å²) < 4.78 is 11.2. The molecule has 3 aromatic carbocycles. The highest BCUT2D eigenvalue weighted by Crippen LogP contribution is 2.27. The molecule has 0 saturated carbocycles. The smallest absolute Gasteiger partial charge is 0.408 e. The molecule has 0 fully saturated rings. The molecule has 0 aliphatic heterocycles. The van der Waals surface area contributed by atoms with E-state index in [1.165, 1.54) is 17.0 Å². The van der Waals surface area contributed by atoms with Crippen molar-refractivity contribution in [2.24, 2.45) is 0 Å². The molecular weight excluding hydrogens is 610 g/mol. The zero-order valence-electron chi connectivity index (χ0n) is 29.0. The number of aromatic hydroxyl groups is 1. The van der Waals surface area contributed by atoms with E-state index in [4.69, 9.17) is 9.47 Å². The van der Waals surface area contributed by atoms with Crippen LogP contribution in [0.2, 0.25) is 0 Å². The van der Waals surface area contributed by atoms with Gasteiger partial charge in [0.15, 0.2) is 0 Å². The Hall–Kier alpha value is -4.86. The second kappa shape index (κ2) is 16.8. The lowest BCUT2D eigenvalue weighted by Crippen LogP contribution is -2.55. The Balaban J connectivity index is 2.07. The molecule has 3 unspecified atom stereocenters. The lowest BCUT2D eigenvalue weighted by Gasteiger charge is -2.35. The first-order chi connectivity index (χ1) is 22.6. The molecule has 258 valence electrons. The predicted molar refractivity (Wildman–Crippen MR) is 184 cm³/mol. The third kappa shape index (κ3) is 12.1. The number of nitrogens with one attached hydrogen (secondary N) is 2. The Morgan fingerprint density at radius 2 is 1.27 bits per heavy atom. The molecule has 0 radical (unpaired) electrons. The number of ether oxygens (including phenoxy) is 2. The van der Waals surface area contributed by atoms with E-state index in [1.54, 1.807) is 53.7 Å². The van der Waals surface area contributed by atoms with Crippen molar-refractivity contribution < 1.29 is 33.8 Å². The number of phenolic OH excluding ortho intramolecular Hbond substituents is 1. The summed E-state index contributed by atoms with van der Waals surface area (Å²) in [6, 6.07) is 21.1. The largest absolute Gasteiger partial charge is 0.508 e. The number of benzene rings is 3. The highest BCUT2D eigenvalue weighted by Gasteiger charge is 2.38. The second-order valence-corrected chi connectivity index (χ2v) is 13.7. The molecule has 0 bridgehead atoms. The molecule has 0 spiro atoms. The van der Waals surface area contributed by atoms with E-state index in [-0.39, 0.29) is 25.1 Å². The fourth-order valence-electron chi connectivity index (χ4n) is 5.14. The van der Waals surface area contributed by atoms with Gasteiger partial charge in [-0.1, -0.05) is 79.7 Å². The van der Waals surface area contributed by atoms with Gasteiger partial charge in [-0.3, -0.25) is 9.59 Å². The number of esters is 1. The lowest BCUT2D eigenvalue weighted by atomic mass is 9.99. The Morgan fingerprint density at radius 1 is 0.729 bits per heavy atom. The van der Waals surface area contributed by atoms with Gasteiger partial charge in [0.25, 0.3) is 0 Å². The number of rotatable bonds is 13. The molecule has 3 amide bonds. The van der Waals surface area contributed by atoms with Crippen molar-refractivity contribution in [1.29, 1.82) is 0 Å². The first-order valence-corrected chi connectivity index (χ1v) is 16.3. The summed E-state index contributed by atoms with van der Waals surface area (Å²) in [5.74, 6) is -1.91. The minimum absolute atomic E-state index is 0.102. The molecule has 3 rings (SSSR count). The van der Waals surface area contributed by atoms with Gasteiger partial charge in [-0.25, -0.2) is 9.59 Å². The van der Waals surface area contributed by atoms with Gasteiger partial charge in [-0.15, -0.1) is 0 Å². The van der Waals surface area contributed by atoms with Crippen molar-refractivity contribution in [2.45, 2.75) is 97.1 Å². The predicted octanol–water partition coefficient (Wildman–Crippen LogP) is 5.88. The van der Waals surface area contributed by atoms with Crippen molar-refractivity contribution in [2.75, 3.05) is 6.54 Å². The molecule has 0 aliphatic carbocycles. The second-order valence-electron chi connectivity index (χ2n) is 13.7. The summed E-state index contributed by atoms with van der Waals surface area (Å²) in [5, 5.41) is 16.0. The van der Waals surface area contributed by atoms with Gasteiger partial charge in [-0.05, 0) is 76.8 Å². The normalized spacial score (nSPS) is 13.4. The SMILES string of the molecule is CCCN(C(=O)C(Cc1ccccc1)NC(=O)OC(C)(C)C)C(C(=O)NC(Cc1ccccc1)C(=O)OC(C)(C)C)c1cccc(O)c1. The van der Waals surface area contributed by atoms with Crippen molar-refractivity contribution in [3.8, 4) is 5.75 Å². The molecule has 3 aromatic rings. The fraction of sp³-hybridized carbons (Fsp3) is 0.421. The number of carbonyl (C=O) groups excluding carboxylic acids is 4. The third-order valence-corrected chi connectivity index (χ3v) is 7.06. The van der Waals surface area contributed by atoms with Crippen LogP contribution >= 0.6 is 0 Å². The number of phenols is 1. The van der Waals surface area contributed by atoms with Crippen LogP contribution in [0.25, 0.3) is 0 Å². The van der Waals surface area contributed by atoms with E-state index < -0.39 is 53.2 Å². The summed E-state index contributed by atoms with van der Waals surface area (Å²) in [5.41, 5.74) is 0.284. The maximum absolute atomic E-state index is 14.6. The van der Waals surface area contributed by atoms with Gasteiger partial charge in [0.1, 0.15) is 35.1 Å². The van der Waals surface area contributed by atoms with Crippen molar-refractivity contribution in [3.05, 3.63) is 102 Å². The zero-order valence-corrected chi connectivity index (χ0v) is 29.0. The number of carbonyl (C=O) groups is 4. The Kier molecular flexibility index (Phi) is 13.2. The van der Waals surface area contributed by atoms with Gasteiger partial charge < -0.3 is 30.1 Å². The van der Waals surface area contributed by atoms with E-state index in [0.29, 0.717) is 12.0 Å². The summed E-state index contributed by atoms with van der Waals surface area (Å²) in [6.07, 6.45) is -0.0350. The summed E-state index contributed by atoms with van der Waals surface area (Å²) >= 11 is 0. The van der Waals surface area contributed by atoms with Gasteiger partial charge >= 0.3 is 12.1 Å². The molecule has 10 nitrogen and oxygen atoms in total. The zero-order chi connectivity index (χ0) is 35.5. The van der Waals surface area contributed by atoms with Crippen molar-refractivity contribution >= 4 is 23.9 Å². The Morgan fingerprint density at radius 3 is 1.77 bits per heavy atom. The molecule has 3 N–H and O–H groups in total. The van der Waals surface area contributed by atoms with Crippen LogP contribution in [0.4, 0.5) is 4.79 Å². The quantitative estimate of drug-likeness (QED) is 0.195. The highest BCUT2D eigenvalue weighted by molar-refractivity contribution is 5.94. The number of amides is 3. The first kappa shape index (κ1) is 37.6. The van der Waals surface area contributed by atoms with E-state index in [0.717, 1.165) is 11.1 Å². The third-order valence-electron chi connectivity index (χ3n) is 7.06. The van der Waals surface area contributed by atoms with Crippen LogP contribution in [0, 0.1) is 0 Å². The highest BCUT2D eigenvalue weighted by atomic mass is 16.6. The fourth-order valence-corrected chi connectivity index (χ4v) is 5.14. The Bertz CT molecular complexity index is 1510. The standard InChI is InChI=1S/C38H49N3O7/c1-8-22-41(34(44)30(23-26-16-11-9-12-17-26)40-36(46)48-38(5,6)7)32(28-20-15-21-29(42)25-28)33(43)39-31(35(45)47-37(2,3)4)24-27-18-13-10-14-19-27/h9-21,25,30-32,42H,8,22-24H2,1-7H3,(H,39,43)(H,40,46). The van der Waals surface area contributed by atoms with Crippen LogP contribution in [0.3, 0.4) is 0 Å². The van der Waals surface area contributed by atoms with Crippen molar-refractivity contribution in [3.63, 3.8) is 0 Å². The number of alkyl carbamates (subject to hydrolysis) is 1. The molecule has 0 heterocycles. The van der Waals surface area contributed by atoms with Gasteiger partial charge in [-0.2, -0.15) is 0 Å². The minimum atomic E-state index is -1.27. The first-order valence-electron chi connectivity index (χ1n) is 16.3. The maximum Gasteiger partial charge on any atom is 0.408 e. The number of nitrogens with zero attached hydrogens (tertiary/aromatic N) is 1. The topological polar surface area (TPSA) is 134 Å². The molecule has 0 saturated heterocycles. The summed E-state index contributed by atoms with van der Waals surface area (Å²) in [7, 11) is 0. The van der Waals surface area contributed by atoms with E-state index in [2.05, 4.69) is 10.6 Å². The van der Waals surface area contributed by atoms with Gasteiger partial charge in [0, 0.05) is 19.4 Å². The van der Waals surface area contributed by atoms with Crippen LogP contribution in [-0.4, -0.2) is 63.7 Å². The number of hydrogen-bond donors (Lipinski definition) is 3. The average Bonchev–Trinajstić information content (AvgIpc) is 2.99. The van der Waals surface area contributed by atoms with Crippen LogP contribution in [0.15, 0.2) is 84.9 Å². The monoisotopic (exact) mass is 659 g/mol. The van der Waals surface area contributed by atoms with Crippen LogP contribution in [-0.2, 0) is 36.7 Å². The summed E-state index contributed by atoms with van der Waals surface area (Å²) in [6.45, 7) is 12.4. The molecule has 0 aliphatic rings. The van der Waals surface area contributed by atoms with Crippen LogP contribution < -0.4 is 10.6 Å². The van der Waals surface area contributed by atoms with Crippen LogP contribution in [0.1, 0.15) is 77.6 Å². The molecule has 0 aromatic heterocycles. The molecular formula is C38H49N3O7. The van der Waals surface area contributed by atoms with E-state index in [9.17, 15) is 24.3 Å². The minimum Gasteiger partial charge on any atom is -0.508 e. The van der Waals surface area contributed by atoms with Gasteiger partial charge in [0.2, 0.25) is 11.8 Å². The lowest BCUT2D eigenvalue weighted by molar-refractivity contribution is -0.159. The van der Waals surface area contributed by atoms with Crippen LogP contribution in [0.5, 0.6) is 5.75 Å². The molecule has 3 atom stereocenters. The van der Waals surface area contributed by atoms with Gasteiger partial charge in [0.05, 0.1) is 0 Å². The molecule has 48 heavy (non-hydrogen) atoms. The number of hydrogen-bond acceptors (Lipinski definition) is 7. The summed E-state index contributed by atoms with van der Waals surface area (Å²) in [4.78, 5) is 56.8. The van der Waals surface area contributed by atoms with E-state index in [1.807, 2.05) is 67.6 Å². The maximum atomic E-state index is 14.6. The Labute approximate surface area is 283 Å². The van der Waals surface area contributed by atoms with E-state index >= 15 is 0 Å². The van der Waals surface area contributed by atoms with Crippen molar-refractivity contribution in [1.82, 2.24) is 15.5 Å². The molecule has 10 heteroatoms. The average molecular weight is 660 g/mol.